The van der Waals surface area contributed by atoms with Crippen LogP contribution in [0.15, 0.2) is 28.7 Å². The van der Waals surface area contributed by atoms with Gasteiger partial charge in [0, 0.05) is 10.5 Å². The Hall–Kier alpha value is -1.62. The largest absolute Gasteiger partial charge is 0.478 e. The van der Waals surface area contributed by atoms with Gasteiger partial charge in [-0.1, -0.05) is 6.07 Å². The van der Waals surface area contributed by atoms with Crippen LogP contribution in [-0.2, 0) is 4.79 Å². The number of carboxylic acid groups (broad SMARTS) is 1. The van der Waals surface area contributed by atoms with Gasteiger partial charge in [-0.15, -0.1) is 0 Å². The molecule has 0 aliphatic rings. The molecule has 0 radical (unpaired) electrons. The lowest BCUT2D eigenvalue weighted by molar-refractivity contribution is -0.131. The first-order chi connectivity index (χ1) is 7.16. The number of H-pyrrole nitrogens is 1. The summed E-state index contributed by atoms with van der Waals surface area (Å²) in [5, 5.41) is 8.47. The highest BCUT2D eigenvalue weighted by molar-refractivity contribution is 9.10. The normalized spacial score (nSPS) is 11.3. The lowest BCUT2D eigenvalue weighted by atomic mass is 10.3. The fourth-order valence-electron chi connectivity index (χ4n) is 1.25. The molecule has 0 atom stereocenters. The zero-order valence-electron chi connectivity index (χ0n) is 7.57. The molecule has 0 unspecified atom stereocenters. The molecule has 4 nitrogen and oxygen atoms in total. The number of nitrogens with one attached hydrogen (secondary N) is 1. The van der Waals surface area contributed by atoms with Crippen LogP contribution in [0.2, 0.25) is 0 Å². The van der Waals surface area contributed by atoms with E-state index < -0.39 is 5.97 Å². The number of carbonyl (C=O) groups is 1. The van der Waals surface area contributed by atoms with Gasteiger partial charge in [-0.3, -0.25) is 0 Å². The van der Waals surface area contributed by atoms with E-state index in [0.29, 0.717) is 5.82 Å². The van der Waals surface area contributed by atoms with Gasteiger partial charge in [0.05, 0.1) is 5.52 Å². The second-order valence-electron chi connectivity index (χ2n) is 2.93. The topological polar surface area (TPSA) is 66.0 Å². The third kappa shape index (κ3) is 2.07. The zero-order chi connectivity index (χ0) is 10.8. The maximum Gasteiger partial charge on any atom is 0.328 e. The van der Waals surface area contributed by atoms with Crippen LogP contribution in [0.25, 0.3) is 17.1 Å². The van der Waals surface area contributed by atoms with Crippen LogP contribution in [0.5, 0.6) is 0 Å². The van der Waals surface area contributed by atoms with E-state index in [1.165, 1.54) is 6.08 Å². The summed E-state index contributed by atoms with van der Waals surface area (Å²) in [6.45, 7) is 0. The van der Waals surface area contributed by atoms with Crippen molar-refractivity contribution in [2.24, 2.45) is 0 Å². The SMILES string of the molecule is O=C(O)/C=C/c1nc2c(Br)cccc2[nH]1. The van der Waals surface area contributed by atoms with Gasteiger partial charge in [-0.05, 0) is 34.1 Å². The number of fused-ring (bicyclic) bond motifs is 1. The Morgan fingerprint density at radius 3 is 3.00 bits per heavy atom. The average molecular weight is 267 g/mol. The smallest absolute Gasteiger partial charge is 0.328 e. The lowest BCUT2D eigenvalue weighted by Gasteiger charge is -1.88. The average Bonchev–Trinajstić information content (AvgIpc) is 2.59. The lowest BCUT2D eigenvalue weighted by Crippen LogP contribution is -1.86. The number of aromatic nitrogens is 2. The van der Waals surface area contributed by atoms with E-state index in [1.807, 2.05) is 18.2 Å². The summed E-state index contributed by atoms with van der Waals surface area (Å²) in [7, 11) is 0. The Labute approximate surface area is 93.8 Å². The van der Waals surface area contributed by atoms with Crippen molar-refractivity contribution < 1.29 is 9.90 Å². The van der Waals surface area contributed by atoms with Crippen molar-refractivity contribution in [3.05, 3.63) is 34.6 Å². The Morgan fingerprint density at radius 1 is 1.53 bits per heavy atom. The highest BCUT2D eigenvalue weighted by Crippen LogP contribution is 2.21. The van der Waals surface area contributed by atoms with Gasteiger partial charge < -0.3 is 10.1 Å². The summed E-state index contributed by atoms with van der Waals surface area (Å²) in [4.78, 5) is 17.5. The second kappa shape index (κ2) is 3.86. The summed E-state index contributed by atoms with van der Waals surface area (Å²) in [6.07, 6.45) is 2.47. The van der Waals surface area contributed by atoms with Crippen molar-refractivity contribution >= 4 is 39.0 Å². The number of para-hydroxylation sites is 1. The zero-order valence-corrected chi connectivity index (χ0v) is 9.15. The van der Waals surface area contributed by atoms with E-state index in [1.54, 1.807) is 0 Å². The number of nitrogens with zero attached hydrogens (tertiary/aromatic N) is 1. The van der Waals surface area contributed by atoms with Gasteiger partial charge >= 0.3 is 5.97 Å². The van der Waals surface area contributed by atoms with Crippen molar-refractivity contribution in [2.75, 3.05) is 0 Å². The number of benzene rings is 1. The molecule has 1 aromatic carbocycles. The Kier molecular flexibility index (Phi) is 2.55. The van der Waals surface area contributed by atoms with E-state index in [9.17, 15) is 4.79 Å². The number of aliphatic carboxylic acids is 1. The minimum absolute atomic E-state index is 0.527. The number of rotatable bonds is 2. The maximum absolute atomic E-state index is 10.3. The fourth-order valence-corrected chi connectivity index (χ4v) is 1.70. The van der Waals surface area contributed by atoms with Gasteiger partial charge in [0.25, 0.3) is 0 Å². The van der Waals surface area contributed by atoms with Crippen LogP contribution in [-0.4, -0.2) is 21.0 Å². The predicted octanol–water partition coefficient (Wildman–Crippen LogP) is 2.42. The summed E-state index contributed by atoms with van der Waals surface area (Å²) in [5.74, 6) is -0.464. The van der Waals surface area contributed by atoms with Crippen molar-refractivity contribution in [1.29, 1.82) is 0 Å². The summed E-state index contributed by atoms with van der Waals surface area (Å²) >= 11 is 3.37. The first-order valence-electron chi connectivity index (χ1n) is 4.22. The van der Waals surface area contributed by atoms with Gasteiger partial charge in [0.1, 0.15) is 11.3 Å². The van der Waals surface area contributed by atoms with Crippen LogP contribution < -0.4 is 0 Å². The van der Waals surface area contributed by atoms with E-state index in [2.05, 4.69) is 25.9 Å². The molecule has 2 aromatic rings. The number of imidazole rings is 1. The van der Waals surface area contributed by atoms with E-state index >= 15 is 0 Å². The number of hydrogen-bond acceptors (Lipinski definition) is 2. The molecule has 2 N–H and O–H groups in total. The van der Waals surface area contributed by atoms with Crippen LogP contribution in [0, 0.1) is 0 Å². The molecule has 76 valence electrons. The molecule has 0 aliphatic carbocycles. The van der Waals surface area contributed by atoms with Crippen LogP contribution in [0.3, 0.4) is 0 Å². The molecular formula is C10H7BrN2O2. The molecule has 2 rings (SSSR count). The highest BCUT2D eigenvalue weighted by Gasteiger charge is 2.03. The third-order valence-corrected chi connectivity index (χ3v) is 2.51. The van der Waals surface area contributed by atoms with Gasteiger partial charge in [0.2, 0.25) is 0 Å². The molecule has 0 bridgehead atoms. The van der Waals surface area contributed by atoms with Gasteiger partial charge in [0.15, 0.2) is 0 Å². The minimum Gasteiger partial charge on any atom is -0.478 e. The van der Waals surface area contributed by atoms with Crippen molar-refractivity contribution in [3.63, 3.8) is 0 Å². The molecule has 1 aromatic heterocycles. The third-order valence-electron chi connectivity index (χ3n) is 1.87. The molecule has 0 amide bonds. The molecule has 1 heterocycles. The molecule has 0 spiro atoms. The quantitative estimate of drug-likeness (QED) is 0.821. The van der Waals surface area contributed by atoms with Crippen LogP contribution in [0.4, 0.5) is 0 Å². The first-order valence-corrected chi connectivity index (χ1v) is 5.01. The van der Waals surface area contributed by atoms with Gasteiger partial charge in [-0.2, -0.15) is 0 Å². The van der Waals surface area contributed by atoms with E-state index in [-0.39, 0.29) is 0 Å². The molecule has 0 fully saturated rings. The summed E-state index contributed by atoms with van der Waals surface area (Å²) in [5.41, 5.74) is 1.66. The van der Waals surface area contributed by atoms with Crippen molar-refractivity contribution in [3.8, 4) is 0 Å². The molecule has 0 saturated heterocycles. The van der Waals surface area contributed by atoms with E-state index in [0.717, 1.165) is 21.6 Å². The number of halogens is 1. The molecule has 15 heavy (non-hydrogen) atoms. The predicted molar refractivity (Wildman–Crippen MR) is 60.5 cm³/mol. The minimum atomic E-state index is -0.991. The molecule has 0 saturated carbocycles. The summed E-state index contributed by atoms with van der Waals surface area (Å²) in [6, 6.07) is 5.65. The summed E-state index contributed by atoms with van der Waals surface area (Å²) < 4.78 is 0.881. The molecule has 5 heteroatoms. The van der Waals surface area contributed by atoms with Gasteiger partial charge in [-0.25, -0.2) is 9.78 Å². The Balaban J connectivity index is 2.48. The Bertz CT molecular complexity index is 545. The molecular weight excluding hydrogens is 260 g/mol. The fraction of sp³-hybridized carbons (Fsp3) is 0. The standard InChI is InChI=1S/C10H7BrN2O2/c11-6-2-1-3-7-10(6)13-8(12-7)4-5-9(14)15/h1-5H,(H,12,13)(H,14,15)/b5-4+. The number of carboxylic acids is 1. The maximum atomic E-state index is 10.3. The van der Waals surface area contributed by atoms with Crippen LogP contribution >= 0.6 is 15.9 Å². The van der Waals surface area contributed by atoms with Crippen LogP contribution in [0.1, 0.15) is 5.82 Å². The van der Waals surface area contributed by atoms with Crippen molar-refractivity contribution in [2.45, 2.75) is 0 Å². The monoisotopic (exact) mass is 266 g/mol. The highest BCUT2D eigenvalue weighted by atomic mass is 79.9. The number of aromatic amines is 1. The second-order valence-corrected chi connectivity index (χ2v) is 3.78. The number of hydrogen-bond donors (Lipinski definition) is 2. The van der Waals surface area contributed by atoms with E-state index in [4.69, 9.17) is 5.11 Å². The Morgan fingerprint density at radius 2 is 2.33 bits per heavy atom. The molecule has 0 aliphatic heterocycles. The first kappa shape index (κ1) is 9.92. The van der Waals surface area contributed by atoms with Crippen molar-refractivity contribution in [1.82, 2.24) is 9.97 Å².